The summed E-state index contributed by atoms with van der Waals surface area (Å²) in [5.41, 5.74) is 3.97. The van der Waals surface area contributed by atoms with Gasteiger partial charge in [-0.25, -0.2) is 9.97 Å². The van der Waals surface area contributed by atoms with Crippen LogP contribution in [0.5, 0.6) is 0 Å². The first-order chi connectivity index (χ1) is 14.5. The largest absolute Gasteiger partial charge is 0.371 e. The molecule has 30 heavy (non-hydrogen) atoms. The van der Waals surface area contributed by atoms with Gasteiger partial charge in [-0.2, -0.15) is 0 Å². The number of ketones is 1. The highest BCUT2D eigenvalue weighted by atomic mass is 16.1. The van der Waals surface area contributed by atoms with Crippen molar-refractivity contribution in [3.8, 4) is 5.82 Å². The Morgan fingerprint density at radius 2 is 1.90 bits per heavy atom. The minimum absolute atomic E-state index is 0.0785. The van der Waals surface area contributed by atoms with Crippen LogP contribution in [-0.4, -0.2) is 20.3 Å². The van der Waals surface area contributed by atoms with Crippen molar-refractivity contribution >= 4 is 11.5 Å². The van der Waals surface area contributed by atoms with E-state index in [-0.39, 0.29) is 17.2 Å². The van der Waals surface area contributed by atoms with Gasteiger partial charge in [0, 0.05) is 23.6 Å². The molecule has 1 N–H and O–H groups in total. The fraction of sp³-hybridized carbons (Fsp3) is 0.400. The Labute approximate surface area is 177 Å². The SMILES string of the molecule is Cc1ccccc1C(=O)C1CCC2(CC1)Nc1cccnc1-n1c2cnc1C(C)C. The highest BCUT2D eigenvalue weighted by Crippen LogP contribution is 2.47. The van der Waals surface area contributed by atoms with E-state index in [0.717, 1.165) is 54.1 Å². The molecule has 0 saturated heterocycles. The number of aromatic nitrogens is 3. The van der Waals surface area contributed by atoms with Crippen LogP contribution in [0.1, 0.15) is 72.9 Å². The van der Waals surface area contributed by atoms with Gasteiger partial charge in [-0.3, -0.25) is 9.36 Å². The topological polar surface area (TPSA) is 59.8 Å². The first-order valence-electron chi connectivity index (χ1n) is 10.9. The third-order valence-electron chi connectivity index (χ3n) is 6.79. The molecular formula is C25H28N4O. The number of benzene rings is 1. The van der Waals surface area contributed by atoms with Crippen molar-refractivity contribution in [2.24, 2.45) is 5.92 Å². The van der Waals surface area contributed by atoms with Gasteiger partial charge in [-0.15, -0.1) is 0 Å². The van der Waals surface area contributed by atoms with Gasteiger partial charge in [0.15, 0.2) is 11.6 Å². The fourth-order valence-electron chi connectivity index (χ4n) is 5.15. The average molecular weight is 401 g/mol. The number of nitrogens with zero attached hydrogens (tertiary/aromatic N) is 3. The smallest absolute Gasteiger partial charge is 0.166 e. The van der Waals surface area contributed by atoms with E-state index in [1.54, 1.807) is 0 Å². The number of hydrogen-bond acceptors (Lipinski definition) is 4. The van der Waals surface area contributed by atoms with E-state index >= 15 is 0 Å². The van der Waals surface area contributed by atoms with Gasteiger partial charge >= 0.3 is 0 Å². The van der Waals surface area contributed by atoms with Crippen LogP contribution in [0.4, 0.5) is 5.69 Å². The van der Waals surface area contributed by atoms with Crippen LogP contribution in [0.2, 0.25) is 0 Å². The number of rotatable bonds is 3. The monoisotopic (exact) mass is 400 g/mol. The van der Waals surface area contributed by atoms with Crippen molar-refractivity contribution in [1.82, 2.24) is 14.5 Å². The molecule has 5 rings (SSSR count). The lowest BCUT2D eigenvalue weighted by atomic mass is 9.71. The zero-order valence-electron chi connectivity index (χ0n) is 17.9. The van der Waals surface area contributed by atoms with Crippen molar-refractivity contribution in [1.29, 1.82) is 0 Å². The maximum Gasteiger partial charge on any atom is 0.166 e. The summed E-state index contributed by atoms with van der Waals surface area (Å²) in [6.45, 7) is 6.37. The number of nitrogens with one attached hydrogen (secondary N) is 1. The molecule has 1 aromatic carbocycles. The lowest BCUT2D eigenvalue weighted by Crippen LogP contribution is -2.45. The Hall–Kier alpha value is -2.95. The Morgan fingerprint density at radius 3 is 2.63 bits per heavy atom. The van der Waals surface area contributed by atoms with Crippen molar-refractivity contribution in [2.45, 2.75) is 57.9 Å². The maximum absolute atomic E-state index is 13.2. The van der Waals surface area contributed by atoms with Gasteiger partial charge in [0.05, 0.1) is 23.1 Å². The Kier molecular flexibility index (Phi) is 4.49. The molecule has 1 fully saturated rings. The second-order valence-corrected chi connectivity index (χ2v) is 9.03. The van der Waals surface area contributed by atoms with E-state index < -0.39 is 0 Å². The van der Waals surface area contributed by atoms with E-state index in [0.29, 0.717) is 5.92 Å². The Morgan fingerprint density at radius 1 is 1.13 bits per heavy atom. The quantitative estimate of drug-likeness (QED) is 0.599. The predicted molar refractivity (Wildman–Crippen MR) is 118 cm³/mol. The first kappa shape index (κ1) is 19.0. The molecule has 1 aliphatic heterocycles. The van der Waals surface area contributed by atoms with Crippen molar-refractivity contribution in [2.75, 3.05) is 5.32 Å². The molecule has 2 aromatic heterocycles. The highest BCUT2D eigenvalue weighted by molar-refractivity contribution is 5.99. The Bertz CT molecular complexity index is 1110. The average Bonchev–Trinajstić information content (AvgIpc) is 3.21. The zero-order chi connectivity index (χ0) is 20.9. The lowest BCUT2D eigenvalue weighted by Gasteiger charge is -2.44. The first-order valence-corrected chi connectivity index (χ1v) is 10.9. The lowest BCUT2D eigenvalue weighted by molar-refractivity contribution is 0.0863. The summed E-state index contributed by atoms with van der Waals surface area (Å²) in [6.07, 6.45) is 7.42. The third kappa shape index (κ3) is 2.87. The predicted octanol–water partition coefficient (Wildman–Crippen LogP) is 5.39. The van der Waals surface area contributed by atoms with Crippen molar-refractivity contribution in [3.05, 3.63) is 71.4 Å². The van der Waals surface area contributed by atoms with Crippen LogP contribution in [0.3, 0.4) is 0 Å². The molecule has 0 atom stereocenters. The summed E-state index contributed by atoms with van der Waals surface area (Å²) in [5, 5.41) is 3.80. The summed E-state index contributed by atoms with van der Waals surface area (Å²) in [6, 6.07) is 12.0. The van der Waals surface area contributed by atoms with E-state index in [9.17, 15) is 4.79 Å². The van der Waals surface area contributed by atoms with E-state index in [2.05, 4.69) is 34.8 Å². The van der Waals surface area contributed by atoms with Crippen LogP contribution >= 0.6 is 0 Å². The van der Waals surface area contributed by atoms with Crippen LogP contribution in [0.15, 0.2) is 48.8 Å². The van der Waals surface area contributed by atoms with Crippen molar-refractivity contribution < 1.29 is 4.79 Å². The number of anilines is 1. The van der Waals surface area contributed by atoms with Crippen LogP contribution in [0.25, 0.3) is 5.82 Å². The van der Waals surface area contributed by atoms with Gasteiger partial charge < -0.3 is 5.32 Å². The molecule has 5 heteroatoms. The highest BCUT2D eigenvalue weighted by Gasteiger charge is 2.45. The summed E-state index contributed by atoms with van der Waals surface area (Å²) in [7, 11) is 0. The number of fused-ring (bicyclic) bond motifs is 4. The van der Waals surface area contributed by atoms with Gasteiger partial charge in [0.25, 0.3) is 0 Å². The number of aryl methyl sites for hydroxylation is 1. The molecule has 154 valence electrons. The summed E-state index contributed by atoms with van der Waals surface area (Å²) < 4.78 is 2.25. The standard InChI is InChI=1S/C25H28N4O/c1-16(2)23-27-15-21-25(28-20-9-6-14-26-24(20)29(21)23)12-10-18(11-13-25)22(30)19-8-5-4-7-17(19)3/h4-9,14-16,18,28H,10-13H2,1-3H3. The molecular weight excluding hydrogens is 372 g/mol. The molecule has 5 nitrogen and oxygen atoms in total. The third-order valence-corrected chi connectivity index (χ3v) is 6.79. The molecule has 1 spiro atoms. The Balaban J connectivity index is 1.48. The van der Waals surface area contributed by atoms with Gasteiger partial charge in [-0.05, 0) is 50.3 Å². The number of carbonyl (C=O) groups excluding carboxylic acids is 1. The fourth-order valence-corrected chi connectivity index (χ4v) is 5.15. The van der Waals surface area contributed by atoms with Gasteiger partial charge in [-0.1, -0.05) is 38.1 Å². The summed E-state index contributed by atoms with van der Waals surface area (Å²) in [5.74, 6) is 2.65. The molecule has 1 saturated carbocycles. The molecule has 0 radical (unpaired) electrons. The number of carbonyl (C=O) groups is 1. The normalized spacial score (nSPS) is 22.5. The maximum atomic E-state index is 13.2. The number of pyridine rings is 1. The van der Waals surface area contributed by atoms with Crippen LogP contribution in [-0.2, 0) is 5.54 Å². The van der Waals surface area contributed by atoms with Gasteiger partial charge in [0.2, 0.25) is 0 Å². The minimum Gasteiger partial charge on any atom is -0.371 e. The summed E-state index contributed by atoms with van der Waals surface area (Å²) in [4.78, 5) is 22.6. The van der Waals surface area contributed by atoms with E-state index in [1.165, 1.54) is 5.69 Å². The molecule has 0 bridgehead atoms. The molecule has 0 amide bonds. The summed E-state index contributed by atoms with van der Waals surface area (Å²) >= 11 is 0. The van der Waals surface area contributed by atoms with E-state index in [4.69, 9.17) is 4.98 Å². The van der Waals surface area contributed by atoms with Crippen molar-refractivity contribution in [3.63, 3.8) is 0 Å². The zero-order valence-corrected chi connectivity index (χ0v) is 17.9. The molecule has 3 heterocycles. The molecule has 0 unspecified atom stereocenters. The van der Waals surface area contributed by atoms with Gasteiger partial charge in [0.1, 0.15) is 5.82 Å². The second kappa shape index (κ2) is 7.08. The minimum atomic E-state index is -0.196. The number of imidazole rings is 1. The number of Topliss-reactive ketones (excluding diaryl/α,β-unsaturated/α-hetero) is 1. The molecule has 2 aliphatic rings. The second-order valence-electron chi connectivity index (χ2n) is 9.03. The number of hydrogen-bond donors (Lipinski definition) is 1. The van der Waals surface area contributed by atoms with E-state index in [1.807, 2.05) is 49.6 Å². The molecule has 3 aromatic rings. The van der Waals surface area contributed by atoms with Crippen LogP contribution < -0.4 is 5.32 Å². The van der Waals surface area contributed by atoms with Crippen LogP contribution in [0, 0.1) is 12.8 Å². The molecule has 1 aliphatic carbocycles.